The molecule has 67 heavy (non-hydrogen) atoms. The van der Waals surface area contributed by atoms with E-state index in [1.54, 1.807) is 30.1 Å². The average Bonchev–Trinajstić information content (AvgIpc) is 3.62. The first-order valence-electron chi connectivity index (χ1n) is 22.2. The number of piperazine rings is 1. The van der Waals surface area contributed by atoms with Gasteiger partial charge in [0.25, 0.3) is 0 Å². The Hall–Kier alpha value is -5.93. The van der Waals surface area contributed by atoms with Gasteiger partial charge in [-0.25, -0.2) is 9.79 Å². The van der Waals surface area contributed by atoms with Crippen LogP contribution >= 0.6 is 0 Å². The van der Waals surface area contributed by atoms with Gasteiger partial charge in [0.05, 0.1) is 127 Å². The Morgan fingerprint density at radius 1 is 0.746 bits per heavy atom. The number of carbonyl (C=O) groups is 3. The first kappa shape index (κ1) is 52.0. The zero-order chi connectivity index (χ0) is 47.6. The molecule has 20 heteroatoms. The Morgan fingerprint density at radius 2 is 1.33 bits per heavy atom. The summed E-state index contributed by atoms with van der Waals surface area (Å²) in [4.78, 5) is 52.5. The van der Waals surface area contributed by atoms with E-state index < -0.39 is 11.9 Å². The number of rotatable bonds is 30. The molecule has 5 rings (SSSR count). The number of hydrogen-bond donors (Lipinski definition) is 1. The van der Waals surface area contributed by atoms with Crippen LogP contribution < -0.4 is 4.90 Å². The van der Waals surface area contributed by atoms with Crippen LogP contribution in [0, 0.1) is 0 Å². The molecule has 1 fully saturated rings. The number of amides is 1. The summed E-state index contributed by atoms with van der Waals surface area (Å²) in [5.41, 5.74) is 11.6. The van der Waals surface area contributed by atoms with Crippen LogP contribution in [0.2, 0.25) is 0 Å². The quantitative estimate of drug-likeness (QED) is 0.0185. The predicted molar refractivity (Wildman–Crippen MR) is 250 cm³/mol. The summed E-state index contributed by atoms with van der Waals surface area (Å²) in [6.45, 7) is 8.08. The lowest BCUT2D eigenvalue weighted by Crippen LogP contribution is -2.48. The molecule has 0 radical (unpaired) electrons. The molecule has 1 saturated heterocycles. The first-order chi connectivity index (χ1) is 32.7. The van der Waals surface area contributed by atoms with Crippen molar-refractivity contribution in [2.45, 2.75) is 13.2 Å². The number of aromatic nitrogens is 1. The Bertz CT molecular complexity index is 2230. The van der Waals surface area contributed by atoms with Gasteiger partial charge >= 0.3 is 11.9 Å². The van der Waals surface area contributed by atoms with Crippen molar-refractivity contribution < 1.29 is 57.4 Å². The fourth-order valence-electron chi connectivity index (χ4n) is 6.85. The fourth-order valence-corrected chi connectivity index (χ4v) is 6.85. The van der Waals surface area contributed by atoms with Gasteiger partial charge in [-0.3, -0.25) is 19.1 Å². The number of benzene rings is 3. The van der Waals surface area contributed by atoms with Gasteiger partial charge in [0.1, 0.15) is 0 Å². The highest BCUT2D eigenvalue weighted by Gasteiger charge is 2.25. The SMILES string of the molecule is COC(=O)c1ccc2c(C(=Nc3ccc(N(C)C(=O)CN4CCN(C)CC4)cc3)c3ccccc3)c(O)n(COC(=O)CCOCCOCCOCCOCCOCCOCCN=[N+]=[N-])c2c1. The molecule has 0 saturated carbocycles. The van der Waals surface area contributed by atoms with Crippen molar-refractivity contribution >= 4 is 45.8 Å². The normalized spacial score (nSPS) is 13.4. The second kappa shape index (κ2) is 29.0. The van der Waals surface area contributed by atoms with Crippen LogP contribution in [0.15, 0.2) is 82.9 Å². The third kappa shape index (κ3) is 17.0. The molecule has 0 atom stereocenters. The number of anilines is 1. The Morgan fingerprint density at radius 3 is 1.91 bits per heavy atom. The molecule has 3 aromatic carbocycles. The van der Waals surface area contributed by atoms with Gasteiger partial charge in [-0.1, -0.05) is 41.5 Å². The highest BCUT2D eigenvalue weighted by Crippen LogP contribution is 2.36. The number of methoxy groups -OCH3 is 1. The average molecular weight is 931 g/mol. The van der Waals surface area contributed by atoms with Crippen LogP contribution in [0.5, 0.6) is 5.88 Å². The van der Waals surface area contributed by atoms with E-state index in [0.717, 1.165) is 31.9 Å². The lowest BCUT2D eigenvalue weighted by Gasteiger charge is -2.32. The second-order valence-electron chi connectivity index (χ2n) is 15.2. The summed E-state index contributed by atoms with van der Waals surface area (Å²) in [6.07, 6.45) is -0.0512. The van der Waals surface area contributed by atoms with Gasteiger partial charge < -0.3 is 52.8 Å². The van der Waals surface area contributed by atoms with Crippen LogP contribution in [0.25, 0.3) is 21.3 Å². The van der Waals surface area contributed by atoms with Gasteiger partial charge in [-0.05, 0) is 49.0 Å². The molecule has 0 aliphatic carbocycles. The van der Waals surface area contributed by atoms with E-state index >= 15 is 0 Å². The maximum absolute atomic E-state index is 13.2. The molecular formula is C47H62N8O12. The number of ether oxygens (including phenoxy) is 8. The predicted octanol–water partition coefficient (Wildman–Crippen LogP) is 4.81. The standard InChI is InChI=1S/C47H62N8O12/c1-52-17-19-54(20-18-52)34-42(56)53(2)39-12-10-38(11-13-39)50-45(36-7-5-4-6-8-36)44-40-14-9-37(47(59)60-3)33-41(40)55(46(44)58)35-67-43(57)15-21-61-23-25-63-27-29-65-31-32-66-30-28-64-26-24-62-22-16-49-51-48/h4-14,33,58H,15-32,34-35H2,1-3H3. The fraction of sp³-hybridized carbons (Fsp3) is 0.489. The number of aromatic hydroxyl groups is 1. The number of carbonyl (C=O) groups excluding carboxylic acids is 3. The lowest BCUT2D eigenvalue weighted by atomic mass is 10.00. The number of esters is 2. The van der Waals surface area contributed by atoms with Crippen molar-refractivity contribution in [3.05, 3.63) is 99.9 Å². The van der Waals surface area contributed by atoms with Gasteiger partial charge in [0.15, 0.2) is 6.73 Å². The van der Waals surface area contributed by atoms with Gasteiger partial charge in [-0.2, -0.15) is 0 Å². The molecule has 362 valence electrons. The first-order valence-corrected chi connectivity index (χ1v) is 22.2. The van der Waals surface area contributed by atoms with Crippen molar-refractivity contribution in [1.82, 2.24) is 14.4 Å². The monoisotopic (exact) mass is 930 g/mol. The molecule has 0 bridgehead atoms. The summed E-state index contributed by atoms with van der Waals surface area (Å²) in [6, 6.07) is 21.5. The minimum Gasteiger partial charge on any atom is -0.494 e. The number of fused-ring (bicyclic) bond motifs is 1. The smallest absolute Gasteiger partial charge is 0.337 e. The van der Waals surface area contributed by atoms with E-state index in [0.29, 0.717) is 113 Å². The van der Waals surface area contributed by atoms with Crippen LogP contribution in [0.4, 0.5) is 11.4 Å². The molecule has 1 N–H and O–H groups in total. The number of hydrogen-bond acceptors (Lipinski definition) is 16. The highest BCUT2D eigenvalue weighted by molar-refractivity contribution is 6.22. The summed E-state index contributed by atoms with van der Waals surface area (Å²) >= 11 is 0. The van der Waals surface area contributed by atoms with E-state index in [4.69, 9.17) is 48.4 Å². The van der Waals surface area contributed by atoms with Crippen LogP contribution in [-0.4, -0.2) is 183 Å². The lowest BCUT2D eigenvalue weighted by molar-refractivity contribution is -0.148. The van der Waals surface area contributed by atoms with Gasteiger partial charge in [0, 0.05) is 61.3 Å². The molecule has 0 unspecified atom stereocenters. The maximum Gasteiger partial charge on any atom is 0.337 e. The zero-order valence-electron chi connectivity index (χ0n) is 38.6. The van der Waals surface area contributed by atoms with Crippen LogP contribution in [0.3, 0.4) is 0 Å². The highest BCUT2D eigenvalue weighted by atomic mass is 16.6. The molecule has 4 aromatic rings. The molecule has 1 aliphatic heterocycles. The van der Waals surface area contributed by atoms with Crippen molar-refractivity contribution in [2.75, 3.05) is 145 Å². The van der Waals surface area contributed by atoms with Crippen molar-refractivity contribution in [3.63, 3.8) is 0 Å². The number of likely N-dealkylation sites (N-methyl/N-ethyl adjacent to an activating group) is 2. The minimum absolute atomic E-state index is 0.00845. The molecule has 2 heterocycles. The van der Waals surface area contributed by atoms with Crippen molar-refractivity contribution in [3.8, 4) is 5.88 Å². The number of azide groups is 1. The Labute approximate surface area is 390 Å². The summed E-state index contributed by atoms with van der Waals surface area (Å²) in [5, 5.41) is 15.9. The van der Waals surface area contributed by atoms with E-state index in [-0.39, 0.29) is 43.7 Å². The Balaban J connectivity index is 1.11. The topological polar surface area (TPSA) is 221 Å². The van der Waals surface area contributed by atoms with Crippen LogP contribution in [0.1, 0.15) is 27.9 Å². The van der Waals surface area contributed by atoms with Crippen molar-refractivity contribution in [1.29, 1.82) is 0 Å². The number of nitrogens with zero attached hydrogens (tertiary/aromatic N) is 8. The minimum atomic E-state index is -0.575. The Kier molecular flexibility index (Phi) is 22.5. The van der Waals surface area contributed by atoms with Gasteiger partial charge in [0.2, 0.25) is 11.8 Å². The molecule has 1 amide bonds. The second-order valence-corrected chi connectivity index (χ2v) is 15.2. The largest absolute Gasteiger partial charge is 0.494 e. The summed E-state index contributed by atoms with van der Waals surface area (Å²) < 4.78 is 44.7. The van der Waals surface area contributed by atoms with Crippen molar-refractivity contribution in [2.24, 2.45) is 10.1 Å². The summed E-state index contributed by atoms with van der Waals surface area (Å²) in [5.74, 6) is -1.38. The third-order valence-corrected chi connectivity index (χ3v) is 10.6. The van der Waals surface area contributed by atoms with E-state index in [2.05, 4.69) is 26.9 Å². The van der Waals surface area contributed by atoms with E-state index in [1.165, 1.54) is 11.7 Å². The van der Waals surface area contributed by atoms with E-state index in [1.807, 2.05) is 54.6 Å². The molecule has 1 aromatic heterocycles. The summed E-state index contributed by atoms with van der Waals surface area (Å²) in [7, 11) is 5.12. The molecule has 1 aliphatic rings. The van der Waals surface area contributed by atoms with Gasteiger partial charge in [-0.15, -0.1) is 0 Å². The molecule has 0 spiro atoms. The van der Waals surface area contributed by atoms with E-state index in [9.17, 15) is 19.5 Å². The third-order valence-electron chi connectivity index (χ3n) is 10.6. The zero-order valence-corrected chi connectivity index (χ0v) is 38.6. The molecule has 20 nitrogen and oxygen atoms in total. The van der Waals surface area contributed by atoms with Crippen LogP contribution in [-0.2, 0) is 54.2 Å². The molecular weight excluding hydrogens is 869 g/mol. The number of aliphatic imine (C=N–C) groups is 1. The maximum atomic E-state index is 13.2.